The van der Waals surface area contributed by atoms with E-state index >= 15 is 0 Å². The quantitative estimate of drug-likeness (QED) is 0.228. The van der Waals surface area contributed by atoms with E-state index < -0.39 is 29.9 Å². The maximum atomic E-state index is 11.5. The first kappa shape index (κ1) is 27.6. The minimum atomic E-state index is -0.933. The predicted molar refractivity (Wildman–Crippen MR) is 153 cm³/mol. The number of hydrogen-bond acceptors (Lipinski definition) is 6. The first-order valence-electron chi connectivity index (χ1n) is 13.2. The SMILES string of the molecule is O[C@H]1C(COCc2ccccc2)O[C@@H](Sc2ccccc2)C(OCc2ccccc2)[C@H]1OCc1ccccc1. The summed E-state index contributed by atoms with van der Waals surface area (Å²) in [6.45, 7) is 1.41. The molecule has 0 bridgehead atoms. The van der Waals surface area contributed by atoms with Crippen molar-refractivity contribution >= 4 is 11.8 Å². The van der Waals surface area contributed by atoms with Crippen molar-refractivity contribution in [3.63, 3.8) is 0 Å². The van der Waals surface area contributed by atoms with Gasteiger partial charge in [-0.3, -0.25) is 0 Å². The van der Waals surface area contributed by atoms with Crippen molar-refractivity contribution in [1.82, 2.24) is 0 Å². The summed E-state index contributed by atoms with van der Waals surface area (Å²) in [5.41, 5.74) is 2.73. The smallest absolute Gasteiger partial charge is 0.137 e. The van der Waals surface area contributed by atoms with Crippen LogP contribution in [-0.4, -0.2) is 41.6 Å². The van der Waals surface area contributed by atoms with Crippen LogP contribution >= 0.6 is 11.8 Å². The van der Waals surface area contributed by atoms with E-state index in [0.717, 1.165) is 21.6 Å². The number of benzene rings is 4. The van der Waals surface area contributed by atoms with Gasteiger partial charge in [0.2, 0.25) is 0 Å². The first-order valence-corrected chi connectivity index (χ1v) is 14.1. The molecule has 0 aromatic heterocycles. The summed E-state index contributed by atoms with van der Waals surface area (Å²) in [6.07, 6.45) is -2.64. The van der Waals surface area contributed by atoms with E-state index in [1.807, 2.05) is 121 Å². The molecule has 4 aromatic carbocycles. The third-order valence-corrected chi connectivity index (χ3v) is 7.73. The van der Waals surface area contributed by atoms with Crippen molar-refractivity contribution in [3.05, 3.63) is 138 Å². The molecule has 5 rings (SSSR count). The Bertz CT molecular complexity index is 1230. The molecule has 1 aliphatic rings. The van der Waals surface area contributed by atoms with Gasteiger partial charge in [-0.1, -0.05) is 121 Å². The highest BCUT2D eigenvalue weighted by molar-refractivity contribution is 7.99. The molecule has 0 saturated carbocycles. The fourth-order valence-corrected chi connectivity index (χ4v) is 5.67. The second-order valence-corrected chi connectivity index (χ2v) is 10.7. The van der Waals surface area contributed by atoms with E-state index in [1.54, 1.807) is 11.8 Å². The molecule has 1 N–H and O–H groups in total. The normalized spacial score (nSPS) is 22.9. The summed E-state index contributed by atoms with van der Waals surface area (Å²) in [4.78, 5) is 1.05. The van der Waals surface area contributed by atoms with Gasteiger partial charge < -0.3 is 24.1 Å². The van der Waals surface area contributed by atoms with Crippen LogP contribution in [-0.2, 0) is 38.8 Å². The molecule has 4 aromatic rings. The van der Waals surface area contributed by atoms with Crippen LogP contribution in [0.25, 0.3) is 0 Å². The van der Waals surface area contributed by atoms with E-state index in [1.165, 1.54) is 0 Å². The van der Waals surface area contributed by atoms with Gasteiger partial charge >= 0.3 is 0 Å². The molecule has 202 valence electrons. The predicted octanol–water partition coefficient (Wildman–Crippen LogP) is 6.25. The molecule has 1 heterocycles. The Kier molecular flexibility index (Phi) is 10.2. The van der Waals surface area contributed by atoms with Gasteiger partial charge in [0.05, 0.1) is 26.4 Å². The van der Waals surface area contributed by atoms with Crippen LogP contribution in [0.3, 0.4) is 0 Å². The Balaban J connectivity index is 1.36. The largest absolute Gasteiger partial charge is 0.387 e. The van der Waals surface area contributed by atoms with E-state index in [2.05, 4.69) is 0 Å². The lowest BCUT2D eigenvalue weighted by Gasteiger charge is -2.44. The van der Waals surface area contributed by atoms with E-state index in [9.17, 15) is 5.11 Å². The highest BCUT2D eigenvalue weighted by Gasteiger charge is 2.47. The van der Waals surface area contributed by atoms with Crippen molar-refractivity contribution < 1.29 is 24.1 Å². The van der Waals surface area contributed by atoms with Crippen LogP contribution in [0.5, 0.6) is 0 Å². The van der Waals surface area contributed by atoms with Gasteiger partial charge in [0, 0.05) is 4.90 Å². The number of rotatable bonds is 12. The Morgan fingerprint density at radius 1 is 0.590 bits per heavy atom. The molecule has 1 saturated heterocycles. The minimum absolute atomic E-state index is 0.235. The average molecular weight is 543 g/mol. The van der Waals surface area contributed by atoms with Gasteiger partial charge in [-0.05, 0) is 28.8 Å². The van der Waals surface area contributed by atoms with Crippen molar-refractivity contribution in [2.45, 2.75) is 54.6 Å². The first-order chi connectivity index (χ1) is 19.3. The number of aliphatic hydroxyl groups is 1. The molecule has 0 amide bonds. The molecule has 5 nitrogen and oxygen atoms in total. The number of hydrogen-bond donors (Lipinski definition) is 1. The molecule has 1 fully saturated rings. The minimum Gasteiger partial charge on any atom is -0.387 e. The van der Waals surface area contributed by atoms with E-state index in [4.69, 9.17) is 18.9 Å². The van der Waals surface area contributed by atoms with Crippen LogP contribution in [0.4, 0.5) is 0 Å². The number of ether oxygens (including phenoxy) is 4. The Labute approximate surface area is 234 Å². The van der Waals surface area contributed by atoms with Crippen LogP contribution in [0.1, 0.15) is 16.7 Å². The lowest BCUT2D eigenvalue weighted by atomic mass is 9.99. The topological polar surface area (TPSA) is 57.2 Å². The summed E-state index contributed by atoms with van der Waals surface area (Å²) in [5.74, 6) is 0. The fraction of sp³-hybridized carbons (Fsp3) is 0.273. The van der Waals surface area contributed by atoms with Gasteiger partial charge in [0.15, 0.2) is 0 Å². The summed E-state index contributed by atoms with van der Waals surface area (Å²) < 4.78 is 25.4. The maximum absolute atomic E-state index is 11.5. The second-order valence-electron chi connectivity index (χ2n) is 9.49. The highest BCUT2D eigenvalue weighted by Crippen LogP contribution is 2.37. The van der Waals surface area contributed by atoms with Crippen molar-refractivity contribution in [3.8, 4) is 0 Å². The Hall–Kier alpha value is -2.97. The molecule has 39 heavy (non-hydrogen) atoms. The van der Waals surface area contributed by atoms with Crippen LogP contribution in [0.15, 0.2) is 126 Å². The van der Waals surface area contributed by atoms with Gasteiger partial charge in [-0.2, -0.15) is 0 Å². The van der Waals surface area contributed by atoms with Crippen molar-refractivity contribution in [2.75, 3.05) is 6.61 Å². The molecule has 0 radical (unpaired) electrons. The Morgan fingerprint density at radius 3 is 1.59 bits per heavy atom. The molecular weight excluding hydrogens is 508 g/mol. The third kappa shape index (κ3) is 8.02. The summed E-state index contributed by atoms with van der Waals surface area (Å²) in [6, 6.07) is 40.1. The number of thioether (sulfide) groups is 1. The zero-order valence-corrected chi connectivity index (χ0v) is 22.6. The Morgan fingerprint density at radius 2 is 1.05 bits per heavy atom. The van der Waals surface area contributed by atoms with Gasteiger partial charge in [-0.15, -0.1) is 0 Å². The standard InChI is InChI=1S/C33H34O5S/c34-30-29(24-35-21-25-13-5-1-6-14-25)38-33(39-28-19-11-4-12-20-28)32(37-23-27-17-9-3-10-18-27)31(30)36-22-26-15-7-2-8-16-26/h1-20,29-34H,21-24H2/t29?,30-,31-,32?,33-/m0/s1. The van der Waals surface area contributed by atoms with Crippen molar-refractivity contribution in [2.24, 2.45) is 0 Å². The zero-order chi connectivity index (χ0) is 26.7. The van der Waals surface area contributed by atoms with Crippen LogP contribution in [0.2, 0.25) is 0 Å². The molecule has 1 aliphatic heterocycles. The molecule has 0 spiro atoms. The molecule has 6 heteroatoms. The lowest BCUT2D eigenvalue weighted by molar-refractivity contribution is -0.240. The summed E-state index contributed by atoms with van der Waals surface area (Å²) >= 11 is 1.57. The average Bonchev–Trinajstić information content (AvgIpc) is 2.99. The fourth-order valence-electron chi connectivity index (χ4n) is 4.52. The van der Waals surface area contributed by atoms with Gasteiger partial charge in [0.25, 0.3) is 0 Å². The van der Waals surface area contributed by atoms with Crippen LogP contribution in [0, 0.1) is 0 Å². The lowest BCUT2D eigenvalue weighted by Crippen LogP contribution is -2.59. The molecule has 5 atom stereocenters. The van der Waals surface area contributed by atoms with E-state index in [0.29, 0.717) is 19.8 Å². The summed E-state index contributed by atoms with van der Waals surface area (Å²) in [5, 5.41) is 11.5. The maximum Gasteiger partial charge on any atom is 0.137 e. The monoisotopic (exact) mass is 542 g/mol. The van der Waals surface area contributed by atoms with Gasteiger partial charge in [-0.25, -0.2) is 0 Å². The zero-order valence-electron chi connectivity index (χ0n) is 21.8. The van der Waals surface area contributed by atoms with Crippen LogP contribution < -0.4 is 0 Å². The number of aliphatic hydroxyl groups excluding tert-OH is 1. The summed E-state index contributed by atoms with van der Waals surface area (Å²) in [7, 11) is 0. The third-order valence-electron chi connectivity index (χ3n) is 6.58. The van der Waals surface area contributed by atoms with Crippen molar-refractivity contribution in [1.29, 1.82) is 0 Å². The highest BCUT2D eigenvalue weighted by atomic mass is 32.2. The van der Waals surface area contributed by atoms with Gasteiger partial charge in [0.1, 0.15) is 29.9 Å². The molecule has 0 aliphatic carbocycles. The molecular formula is C33H34O5S. The second kappa shape index (κ2) is 14.4. The molecule has 2 unspecified atom stereocenters. The van der Waals surface area contributed by atoms with E-state index in [-0.39, 0.29) is 6.61 Å².